The molecule has 3 amide bonds. The summed E-state index contributed by atoms with van der Waals surface area (Å²) >= 11 is 2.69. The van der Waals surface area contributed by atoms with E-state index in [4.69, 9.17) is 4.74 Å². The van der Waals surface area contributed by atoms with E-state index in [1.165, 1.54) is 53.4 Å². The standard InChI is InChI=1S/C35H32N4O7S2/c1-2-46-35(43)31-27-13-6-7-14-29(27)48-34(31)38-30(40)21-47-26-12-8-11-24(20-26)36-33(42)28(37-32(41)23-9-4-3-5-10-23)19-22-15-17-25(18-16-22)39(44)45/h3-5,8-12,15-20H,2,6-7,13-14,21H2,1H3,(H,36,42)(H,37,41)(H,38,40)/b28-19+. The van der Waals surface area contributed by atoms with Gasteiger partial charge in [-0.1, -0.05) is 24.3 Å². The number of thiophene rings is 1. The Morgan fingerprint density at radius 1 is 0.958 bits per heavy atom. The average molecular weight is 685 g/mol. The smallest absolute Gasteiger partial charge is 0.341 e. The molecule has 0 fully saturated rings. The maximum absolute atomic E-state index is 13.4. The minimum absolute atomic E-state index is 0.0562. The number of fused-ring (bicyclic) bond motifs is 1. The number of ether oxygens (including phenoxy) is 1. The van der Waals surface area contributed by atoms with E-state index in [9.17, 15) is 29.3 Å². The van der Waals surface area contributed by atoms with Gasteiger partial charge in [-0.25, -0.2) is 4.79 Å². The first-order valence-electron chi connectivity index (χ1n) is 15.2. The number of rotatable bonds is 12. The van der Waals surface area contributed by atoms with Gasteiger partial charge in [0.1, 0.15) is 10.7 Å². The fraction of sp³-hybridized carbons (Fsp3) is 0.200. The van der Waals surface area contributed by atoms with Gasteiger partial charge in [-0.2, -0.15) is 0 Å². The maximum atomic E-state index is 13.4. The highest BCUT2D eigenvalue weighted by Gasteiger charge is 2.27. The highest BCUT2D eigenvalue weighted by molar-refractivity contribution is 8.00. The fourth-order valence-corrected chi connectivity index (χ4v) is 7.10. The zero-order valence-electron chi connectivity index (χ0n) is 25.9. The number of hydrogen-bond donors (Lipinski definition) is 3. The number of amides is 3. The van der Waals surface area contributed by atoms with E-state index in [0.717, 1.165) is 36.1 Å². The lowest BCUT2D eigenvalue weighted by molar-refractivity contribution is -0.384. The molecule has 0 radical (unpaired) electrons. The van der Waals surface area contributed by atoms with Crippen LogP contribution in [0.5, 0.6) is 0 Å². The van der Waals surface area contributed by atoms with Crippen LogP contribution in [0.25, 0.3) is 6.08 Å². The molecule has 13 heteroatoms. The predicted molar refractivity (Wildman–Crippen MR) is 186 cm³/mol. The zero-order chi connectivity index (χ0) is 34.0. The Balaban J connectivity index is 1.27. The molecule has 48 heavy (non-hydrogen) atoms. The van der Waals surface area contributed by atoms with E-state index in [1.54, 1.807) is 61.5 Å². The van der Waals surface area contributed by atoms with E-state index < -0.39 is 22.7 Å². The molecule has 246 valence electrons. The normalized spacial score (nSPS) is 12.4. The molecule has 1 aromatic heterocycles. The van der Waals surface area contributed by atoms with Crippen molar-refractivity contribution in [2.75, 3.05) is 23.0 Å². The molecule has 0 bridgehead atoms. The van der Waals surface area contributed by atoms with E-state index in [2.05, 4.69) is 16.0 Å². The number of nitrogens with zero attached hydrogens (tertiary/aromatic N) is 1. The van der Waals surface area contributed by atoms with E-state index in [1.807, 2.05) is 0 Å². The predicted octanol–water partition coefficient (Wildman–Crippen LogP) is 6.85. The molecule has 1 aliphatic rings. The van der Waals surface area contributed by atoms with Gasteiger partial charge in [-0.05, 0) is 92.3 Å². The maximum Gasteiger partial charge on any atom is 0.341 e. The molecule has 0 saturated carbocycles. The molecule has 0 spiro atoms. The van der Waals surface area contributed by atoms with Gasteiger partial charge in [-0.15, -0.1) is 23.1 Å². The third-order valence-electron chi connectivity index (χ3n) is 7.31. The van der Waals surface area contributed by atoms with E-state index >= 15 is 0 Å². The van der Waals surface area contributed by atoms with Gasteiger partial charge in [0.2, 0.25) is 5.91 Å². The van der Waals surface area contributed by atoms with Crippen LogP contribution in [-0.4, -0.2) is 41.0 Å². The summed E-state index contributed by atoms with van der Waals surface area (Å²) in [5.41, 5.74) is 2.47. The second-order valence-corrected chi connectivity index (χ2v) is 12.8. The van der Waals surface area contributed by atoms with Crippen LogP contribution in [0.1, 0.15) is 56.5 Å². The molecule has 1 aliphatic carbocycles. The van der Waals surface area contributed by atoms with Gasteiger partial charge in [0.25, 0.3) is 17.5 Å². The van der Waals surface area contributed by atoms with Gasteiger partial charge < -0.3 is 20.7 Å². The molecule has 5 rings (SSSR count). The first kappa shape index (κ1) is 34.1. The molecule has 1 heterocycles. The number of aryl methyl sites for hydroxylation is 1. The monoisotopic (exact) mass is 684 g/mol. The minimum Gasteiger partial charge on any atom is -0.462 e. The topological polar surface area (TPSA) is 157 Å². The third kappa shape index (κ3) is 8.75. The summed E-state index contributed by atoms with van der Waals surface area (Å²) in [6, 6.07) is 20.8. The van der Waals surface area contributed by atoms with Crippen LogP contribution in [0.15, 0.2) is 89.5 Å². The molecule has 0 saturated heterocycles. The number of nitro groups is 1. The summed E-state index contributed by atoms with van der Waals surface area (Å²) in [7, 11) is 0. The lowest BCUT2D eigenvalue weighted by Crippen LogP contribution is -2.30. The summed E-state index contributed by atoms with van der Waals surface area (Å²) in [5, 5.41) is 19.9. The number of non-ortho nitro benzene ring substituents is 1. The van der Waals surface area contributed by atoms with Crippen molar-refractivity contribution in [3.8, 4) is 0 Å². The lowest BCUT2D eigenvalue weighted by atomic mass is 9.95. The van der Waals surface area contributed by atoms with Crippen molar-refractivity contribution in [1.82, 2.24) is 5.32 Å². The highest BCUT2D eigenvalue weighted by atomic mass is 32.2. The van der Waals surface area contributed by atoms with Crippen molar-refractivity contribution in [1.29, 1.82) is 0 Å². The van der Waals surface area contributed by atoms with Gasteiger partial charge in [0, 0.05) is 33.2 Å². The summed E-state index contributed by atoms with van der Waals surface area (Å²) in [4.78, 5) is 64.5. The van der Waals surface area contributed by atoms with Crippen LogP contribution in [0.3, 0.4) is 0 Å². The van der Waals surface area contributed by atoms with Gasteiger partial charge in [-0.3, -0.25) is 24.5 Å². The van der Waals surface area contributed by atoms with Crippen molar-refractivity contribution in [3.63, 3.8) is 0 Å². The quantitative estimate of drug-likeness (QED) is 0.0481. The van der Waals surface area contributed by atoms with Gasteiger partial charge in [0.15, 0.2) is 0 Å². The number of thioether (sulfide) groups is 1. The lowest BCUT2D eigenvalue weighted by Gasteiger charge is -2.13. The van der Waals surface area contributed by atoms with Crippen LogP contribution in [0, 0.1) is 10.1 Å². The van der Waals surface area contributed by atoms with Gasteiger partial charge in [0.05, 0.1) is 22.8 Å². The molecular weight excluding hydrogens is 653 g/mol. The van der Waals surface area contributed by atoms with Crippen LogP contribution < -0.4 is 16.0 Å². The Morgan fingerprint density at radius 2 is 1.71 bits per heavy atom. The molecule has 0 atom stereocenters. The van der Waals surface area contributed by atoms with Crippen molar-refractivity contribution in [2.45, 2.75) is 37.5 Å². The summed E-state index contributed by atoms with van der Waals surface area (Å²) < 4.78 is 5.28. The Bertz CT molecular complexity index is 1870. The number of nitrogens with one attached hydrogen (secondary N) is 3. The number of hydrogen-bond acceptors (Lipinski definition) is 9. The third-order valence-corrected chi connectivity index (χ3v) is 9.51. The average Bonchev–Trinajstić information content (AvgIpc) is 3.45. The Labute approximate surface area is 284 Å². The number of anilines is 2. The first-order chi connectivity index (χ1) is 23.2. The summed E-state index contributed by atoms with van der Waals surface area (Å²) in [6.45, 7) is 1.99. The second kappa shape index (κ2) is 16.0. The second-order valence-electron chi connectivity index (χ2n) is 10.7. The van der Waals surface area contributed by atoms with Crippen molar-refractivity contribution >= 4 is 69.2 Å². The van der Waals surface area contributed by atoms with E-state index in [0.29, 0.717) is 32.3 Å². The molecule has 0 unspecified atom stereocenters. The molecule has 4 aromatic rings. The van der Waals surface area contributed by atoms with Crippen LogP contribution in [0.4, 0.5) is 16.4 Å². The van der Waals surface area contributed by atoms with E-state index in [-0.39, 0.29) is 29.7 Å². The van der Waals surface area contributed by atoms with Crippen LogP contribution >= 0.6 is 23.1 Å². The Hall–Kier alpha value is -5.27. The summed E-state index contributed by atoms with van der Waals surface area (Å²) in [6.07, 6.45) is 5.11. The zero-order valence-corrected chi connectivity index (χ0v) is 27.6. The van der Waals surface area contributed by atoms with Crippen molar-refractivity contribution in [2.24, 2.45) is 0 Å². The van der Waals surface area contributed by atoms with Crippen molar-refractivity contribution < 1.29 is 28.8 Å². The van der Waals surface area contributed by atoms with Crippen LogP contribution in [-0.2, 0) is 27.2 Å². The summed E-state index contributed by atoms with van der Waals surface area (Å²) in [5.74, 6) is -1.78. The Morgan fingerprint density at radius 3 is 2.44 bits per heavy atom. The first-order valence-corrected chi connectivity index (χ1v) is 17.0. The van der Waals surface area contributed by atoms with Crippen molar-refractivity contribution in [3.05, 3.63) is 122 Å². The highest BCUT2D eigenvalue weighted by Crippen LogP contribution is 2.39. The molecule has 3 N–H and O–H groups in total. The largest absolute Gasteiger partial charge is 0.462 e. The minimum atomic E-state index is -0.620. The number of nitro benzene ring substituents is 1. The number of carbonyl (C=O) groups is 4. The SMILES string of the molecule is CCOC(=O)c1c(NC(=O)CSc2cccc(NC(=O)/C(=C\c3ccc([N+](=O)[O-])cc3)NC(=O)c3ccccc3)c2)sc2c1CCCC2. The molecule has 0 aliphatic heterocycles. The fourth-order valence-electron chi connectivity index (χ4n) is 5.05. The van der Waals surface area contributed by atoms with Crippen LogP contribution in [0.2, 0.25) is 0 Å². The Kier molecular flexibility index (Phi) is 11.4. The molecule has 3 aromatic carbocycles. The number of benzene rings is 3. The number of carbonyl (C=O) groups excluding carboxylic acids is 4. The molecular formula is C35H32N4O7S2. The number of esters is 1. The van der Waals surface area contributed by atoms with Gasteiger partial charge >= 0.3 is 5.97 Å². The molecule has 11 nitrogen and oxygen atoms in total.